The average molecular weight is 298 g/mol. The van der Waals surface area contributed by atoms with Crippen molar-refractivity contribution in [2.75, 3.05) is 11.9 Å². The largest absolute Gasteiger partial charge is 0.388 e. The van der Waals surface area contributed by atoms with Gasteiger partial charge in [0.15, 0.2) is 5.65 Å². The van der Waals surface area contributed by atoms with E-state index in [0.29, 0.717) is 35.9 Å². The maximum Gasteiger partial charge on any atom is 0.203 e. The fourth-order valence-electron chi connectivity index (χ4n) is 1.94. The van der Waals surface area contributed by atoms with Crippen LogP contribution in [0.5, 0.6) is 0 Å². The molecule has 114 valence electrons. The molecule has 2 N–H and O–H groups in total. The molecule has 0 amide bonds. The van der Waals surface area contributed by atoms with Gasteiger partial charge in [-0.1, -0.05) is 13.0 Å². The lowest BCUT2D eigenvalue weighted by Crippen LogP contribution is -2.32. The molecule has 3 aromatic rings. The van der Waals surface area contributed by atoms with Crippen LogP contribution >= 0.6 is 0 Å². The average Bonchev–Trinajstić information content (AvgIpc) is 2.97. The van der Waals surface area contributed by atoms with E-state index in [-0.39, 0.29) is 0 Å². The summed E-state index contributed by atoms with van der Waals surface area (Å²) in [5, 5.41) is 25.9. The highest BCUT2D eigenvalue weighted by Gasteiger charge is 2.17. The van der Waals surface area contributed by atoms with Crippen molar-refractivity contribution in [3.05, 3.63) is 36.5 Å². The van der Waals surface area contributed by atoms with Gasteiger partial charge >= 0.3 is 0 Å². The lowest BCUT2D eigenvalue weighted by atomic mass is 10.0. The number of aliphatic hydroxyl groups is 1. The summed E-state index contributed by atoms with van der Waals surface area (Å²) in [5.41, 5.74) is 0.585. The van der Waals surface area contributed by atoms with Crippen LogP contribution in [0.1, 0.15) is 20.3 Å². The molecule has 0 aliphatic carbocycles. The Balaban J connectivity index is 1.92. The van der Waals surface area contributed by atoms with Gasteiger partial charge in [0.05, 0.1) is 5.60 Å². The van der Waals surface area contributed by atoms with Crippen LogP contribution in [0.2, 0.25) is 0 Å². The smallest absolute Gasteiger partial charge is 0.203 e. The Morgan fingerprint density at radius 3 is 2.82 bits per heavy atom. The van der Waals surface area contributed by atoms with Crippen LogP contribution in [0.15, 0.2) is 36.5 Å². The van der Waals surface area contributed by atoms with Crippen molar-refractivity contribution in [3.8, 4) is 11.5 Å². The summed E-state index contributed by atoms with van der Waals surface area (Å²) in [7, 11) is 0. The monoisotopic (exact) mass is 298 g/mol. The number of aromatic nitrogens is 5. The van der Waals surface area contributed by atoms with Crippen molar-refractivity contribution in [1.82, 2.24) is 24.8 Å². The molecule has 0 saturated carbocycles. The van der Waals surface area contributed by atoms with Crippen LogP contribution in [0.3, 0.4) is 0 Å². The first-order chi connectivity index (χ1) is 10.6. The molecule has 7 heteroatoms. The lowest BCUT2D eigenvalue weighted by molar-refractivity contribution is 0.0696. The van der Waals surface area contributed by atoms with E-state index in [1.54, 1.807) is 17.6 Å². The zero-order chi connectivity index (χ0) is 15.6. The molecule has 0 radical (unpaired) electrons. The summed E-state index contributed by atoms with van der Waals surface area (Å²) >= 11 is 0. The SMILES string of the molecule is CCC(C)(O)CNc1ccc2nnc(-c3ccccn3)n2n1. The quantitative estimate of drug-likeness (QED) is 0.746. The van der Waals surface area contributed by atoms with Crippen molar-refractivity contribution in [2.45, 2.75) is 25.9 Å². The van der Waals surface area contributed by atoms with Gasteiger partial charge in [-0.2, -0.15) is 4.52 Å². The second-order valence-electron chi connectivity index (χ2n) is 5.43. The standard InChI is InChI=1S/C15H18N6O/c1-3-15(2,22)10-17-12-7-8-13-18-19-14(21(13)20-12)11-6-4-5-9-16-11/h4-9,22H,3,10H2,1-2H3,(H,17,20). The zero-order valence-corrected chi connectivity index (χ0v) is 12.6. The number of anilines is 1. The molecule has 0 bridgehead atoms. The van der Waals surface area contributed by atoms with E-state index in [1.165, 1.54) is 0 Å². The van der Waals surface area contributed by atoms with Gasteiger partial charge in [0.2, 0.25) is 5.82 Å². The Hall–Kier alpha value is -2.54. The molecule has 3 rings (SSSR count). The minimum absolute atomic E-state index is 0.420. The second-order valence-corrected chi connectivity index (χ2v) is 5.43. The normalized spacial score (nSPS) is 14.0. The van der Waals surface area contributed by atoms with Gasteiger partial charge in [0.25, 0.3) is 0 Å². The number of hydrogen-bond donors (Lipinski definition) is 2. The number of pyridine rings is 1. The number of fused-ring (bicyclic) bond motifs is 1. The summed E-state index contributed by atoms with van der Waals surface area (Å²) < 4.78 is 1.64. The predicted molar refractivity (Wildman–Crippen MR) is 83.4 cm³/mol. The first kappa shape index (κ1) is 14.4. The number of nitrogens with one attached hydrogen (secondary N) is 1. The summed E-state index contributed by atoms with van der Waals surface area (Å²) in [4.78, 5) is 4.28. The third-order valence-electron chi connectivity index (χ3n) is 3.57. The first-order valence-electron chi connectivity index (χ1n) is 7.19. The minimum Gasteiger partial charge on any atom is -0.388 e. The van der Waals surface area contributed by atoms with Crippen molar-refractivity contribution in [2.24, 2.45) is 0 Å². The zero-order valence-electron chi connectivity index (χ0n) is 12.6. The topological polar surface area (TPSA) is 88.2 Å². The van der Waals surface area contributed by atoms with Crippen LogP contribution < -0.4 is 5.32 Å². The Morgan fingerprint density at radius 2 is 2.09 bits per heavy atom. The van der Waals surface area contributed by atoms with Crippen molar-refractivity contribution < 1.29 is 5.11 Å². The molecule has 0 aromatic carbocycles. The fourth-order valence-corrected chi connectivity index (χ4v) is 1.94. The molecule has 1 unspecified atom stereocenters. The van der Waals surface area contributed by atoms with E-state index in [0.717, 1.165) is 0 Å². The van der Waals surface area contributed by atoms with E-state index in [4.69, 9.17) is 0 Å². The van der Waals surface area contributed by atoms with Gasteiger partial charge in [-0.25, -0.2) is 0 Å². The molecule has 3 aromatic heterocycles. The minimum atomic E-state index is -0.770. The highest BCUT2D eigenvalue weighted by molar-refractivity contribution is 5.55. The molecule has 0 spiro atoms. The maximum absolute atomic E-state index is 10.1. The van der Waals surface area contributed by atoms with Gasteiger partial charge < -0.3 is 10.4 Å². The van der Waals surface area contributed by atoms with Gasteiger partial charge in [0.1, 0.15) is 11.5 Å². The molecule has 7 nitrogen and oxygen atoms in total. The fraction of sp³-hybridized carbons (Fsp3) is 0.333. The van der Waals surface area contributed by atoms with Crippen LogP contribution in [-0.2, 0) is 0 Å². The Kier molecular flexibility index (Phi) is 3.72. The summed E-state index contributed by atoms with van der Waals surface area (Å²) in [6, 6.07) is 9.25. The second kappa shape index (κ2) is 5.69. The highest BCUT2D eigenvalue weighted by Crippen LogP contribution is 2.16. The summed E-state index contributed by atoms with van der Waals surface area (Å²) in [6.07, 6.45) is 2.37. The van der Waals surface area contributed by atoms with Gasteiger partial charge in [-0.05, 0) is 37.6 Å². The number of hydrogen-bond acceptors (Lipinski definition) is 6. The first-order valence-corrected chi connectivity index (χ1v) is 7.19. The van der Waals surface area contributed by atoms with Crippen LogP contribution in [0.4, 0.5) is 5.82 Å². The third kappa shape index (κ3) is 2.89. The van der Waals surface area contributed by atoms with E-state index >= 15 is 0 Å². The van der Waals surface area contributed by atoms with E-state index in [2.05, 4.69) is 25.6 Å². The molecule has 0 fully saturated rings. The molecule has 22 heavy (non-hydrogen) atoms. The Labute approximate surface area is 128 Å². The van der Waals surface area contributed by atoms with E-state index < -0.39 is 5.60 Å². The van der Waals surface area contributed by atoms with Gasteiger partial charge in [-0.15, -0.1) is 15.3 Å². The Morgan fingerprint density at radius 1 is 1.23 bits per heavy atom. The van der Waals surface area contributed by atoms with Crippen LogP contribution in [0, 0.1) is 0 Å². The van der Waals surface area contributed by atoms with Crippen molar-refractivity contribution >= 4 is 11.5 Å². The van der Waals surface area contributed by atoms with Gasteiger partial charge in [0, 0.05) is 12.7 Å². The molecule has 0 saturated heterocycles. The molecule has 0 aliphatic rings. The predicted octanol–water partition coefficient (Wildman–Crippen LogP) is 1.76. The van der Waals surface area contributed by atoms with Gasteiger partial charge in [-0.3, -0.25) is 4.98 Å². The van der Waals surface area contributed by atoms with Crippen molar-refractivity contribution in [1.29, 1.82) is 0 Å². The van der Waals surface area contributed by atoms with Crippen molar-refractivity contribution in [3.63, 3.8) is 0 Å². The van der Waals surface area contributed by atoms with E-state index in [1.807, 2.05) is 37.3 Å². The molecule has 3 heterocycles. The van der Waals surface area contributed by atoms with Crippen LogP contribution in [0.25, 0.3) is 17.2 Å². The summed E-state index contributed by atoms with van der Waals surface area (Å²) in [6.45, 7) is 4.15. The number of nitrogens with zero attached hydrogens (tertiary/aromatic N) is 5. The third-order valence-corrected chi connectivity index (χ3v) is 3.57. The summed E-state index contributed by atoms with van der Waals surface area (Å²) in [5.74, 6) is 1.24. The number of rotatable bonds is 5. The van der Waals surface area contributed by atoms with E-state index in [9.17, 15) is 5.11 Å². The Bertz CT molecular complexity index is 768. The molecular formula is C15H18N6O. The maximum atomic E-state index is 10.1. The van der Waals surface area contributed by atoms with Crippen LogP contribution in [-0.4, -0.2) is 42.0 Å². The molecule has 0 aliphatic heterocycles. The molecular weight excluding hydrogens is 280 g/mol. The highest BCUT2D eigenvalue weighted by atomic mass is 16.3. The molecule has 1 atom stereocenters. The lowest BCUT2D eigenvalue weighted by Gasteiger charge is -2.21.